The second-order valence-corrected chi connectivity index (χ2v) is 5.41. The lowest BCUT2D eigenvalue weighted by Gasteiger charge is -2.09. The zero-order chi connectivity index (χ0) is 14.1. The number of aromatic amines is 1. The van der Waals surface area contributed by atoms with Gasteiger partial charge in [-0.2, -0.15) is 0 Å². The van der Waals surface area contributed by atoms with Crippen molar-refractivity contribution in [3.63, 3.8) is 0 Å². The molecule has 0 fully saturated rings. The fraction of sp³-hybridized carbons (Fsp3) is 0.353. The highest BCUT2D eigenvalue weighted by molar-refractivity contribution is 6.05. The highest BCUT2D eigenvalue weighted by Crippen LogP contribution is 2.26. The van der Waals surface area contributed by atoms with Gasteiger partial charge >= 0.3 is 0 Å². The lowest BCUT2D eigenvalue weighted by atomic mass is 10.1. The van der Waals surface area contributed by atoms with Crippen LogP contribution in [0.1, 0.15) is 37.6 Å². The fourth-order valence-corrected chi connectivity index (χ4v) is 2.77. The van der Waals surface area contributed by atoms with Crippen molar-refractivity contribution in [2.75, 3.05) is 0 Å². The summed E-state index contributed by atoms with van der Waals surface area (Å²) in [5.41, 5.74) is 2.90. The van der Waals surface area contributed by atoms with Crippen molar-refractivity contribution >= 4 is 21.9 Å². The van der Waals surface area contributed by atoms with Gasteiger partial charge in [-0.05, 0) is 37.3 Å². The number of rotatable bonds is 4. The fourth-order valence-electron chi connectivity index (χ4n) is 2.77. The molecular formula is C17H19NO2. The van der Waals surface area contributed by atoms with E-state index in [1.807, 2.05) is 13.0 Å². The molecule has 0 unspecified atom stereocenters. The van der Waals surface area contributed by atoms with Gasteiger partial charge in [0.25, 0.3) is 0 Å². The van der Waals surface area contributed by atoms with Gasteiger partial charge in [0.15, 0.2) is 5.43 Å². The topological polar surface area (TPSA) is 46.0 Å². The molecule has 0 radical (unpaired) electrons. The summed E-state index contributed by atoms with van der Waals surface area (Å²) >= 11 is 0. The van der Waals surface area contributed by atoms with Crippen LogP contribution >= 0.6 is 0 Å². The smallest absolute Gasteiger partial charge is 0.182 e. The Morgan fingerprint density at radius 1 is 1.15 bits per heavy atom. The molecule has 3 nitrogen and oxygen atoms in total. The van der Waals surface area contributed by atoms with E-state index in [-0.39, 0.29) is 5.43 Å². The predicted octanol–water partition coefficient (Wildman–Crippen LogP) is 4.32. The Kier molecular flexibility index (Phi) is 3.35. The Labute approximate surface area is 117 Å². The first-order valence-electron chi connectivity index (χ1n) is 7.23. The highest BCUT2D eigenvalue weighted by Gasteiger charge is 2.09. The minimum Gasteiger partial charge on any atom is -0.461 e. The van der Waals surface area contributed by atoms with Crippen LogP contribution in [0.4, 0.5) is 0 Å². The lowest BCUT2D eigenvalue weighted by Crippen LogP contribution is -2.00. The second-order valence-electron chi connectivity index (χ2n) is 5.41. The van der Waals surface area contributed by atoms with Gasteiger partial charge in [-0.25, -0.2) is 0 Å². The summed E-state index contributed by atoms with van der Waals surface area (Å²) in [4.78, 5) is 15.2. The molecule has 0 atom stereocenters. The molecule has 2 heterocycles. The molecule has 0 saturated heterocycles. The molecule has 0 amide bonds. The maximum Gasteiger partial charge on any atom is 0.182 e. The lowest BCUT2D eigenvalue weighted by molar-refractivity contribution is 0.567. The standard InChI is InChI=1S/C17H19NO2/c1-3-4-5-6-13-8-12-9-14(19)10-16-17(12)15(18-13)7-11(2)20-16/h7-10,18H,3-6H2,1-2H3. The van der Waals surface area contributed by atoms with Gasteiger partial charge in [0, 0.05) is 23.2 Å². The third-order valence-electron chi connectivity index (χ3n) is 3.67. The van der Waals surface area contributed by atoms with Gasteiger partial charge in [0.05, 0.1) is 5.52 Å². The van der Waals surface area contributed by atoms with Crippen LogP contribution in [0.15, 0.2) is 33.5 Å². The summed E-state index contributed by atoms with van der Waals surface area (Å²) in [5.74, 6) is 0.811. The van der Waals surface area contributed by atoms with E-state index in [0.717, 1.165) is 28.5 Å². The third kappa shape index (κ3) is 2.36. The molecule has 0 bridgehead atoms. The van der Waals surface area contributed by atoms with Gasteiger partial charge in [-0.3, -0.25) is 4.79 Å². The average Bonchev–Trinajstić information content (AvgIpc) is 2.37. The first-order chi connectivity index (χ1) is 9.67. The van der Waals surface area contributed by atoms with Gasteiger partial charge in [0.1, 0.15) is 11.3 Å². The number of hydrogen-bond acceptors (Lipinski definition) is 2. The molecule has 3 rings (SSSR count). The van der Waals surface area contributed by atoms with Crippen LogP contribution in [0.2, 0.25) is 0 Å². The molecule has 0 aliphatic heterocycles. The van der Waals surface area contributed by atoms with Crippen LogP contribution in [0.25, 0.3) is 21.9 Å². The predicted molar refractivity (Wildman–Crippen MR) is 82.3 cm³/mol. The molecule has 3 aromatic rings. The van der Waals surface area contributed by atoms with Crippen LogP contribution in [-0.4, -0.2) is 4.98 Å². The Morgan fingerprint density at radius 3 is 2.80 bits per heavy atom. The summed E-state index contributed by atoms with van der Waals surface area (Å²) in [5, 5.41) is 1.98. The van der Waals surface area contributed by atoms with E-state index in [9.17, 15) is 4.79 Å². The maximum atomic E-state index is 11.8. The van der Waals surface area contributed by atoms with Crippen LogP contribution in [-0.2, 0) is 6.42 Å². The monoisotopic (exact) mass is 269 g/mol. The zero-order valence-electron chi connectivity index (χ0n) is 12.0. The van der Waals surface area contributed by atoms with Crippen molar-refractivity contribution < 1.29 is 4.42 Å². The van der Waals surface area contributed by atoms with E-state index in [0.29, 0.717) is 5.58 Å². The van der Waals surface area contributed by atoms with Crippen molar-refractivity contribution in [2.45, 2.75) is 39.5 Å². The van der Waals surface area contributed by atoms with Gasteiger partial charge in [-0.15, -0.1) is 0 Å². The first kappa shape index (κ1) is 13.0. The largest absolute Gasteiger partial charge is 0.461 e. The molecule has 20 heavy (non-hydrogen) atoms. The van der Waals surface area contributed by atoms with E-state index in [4.69, 9.17) is 4.42 Å². The van der Waals surface area contributed by atoms with Crippen molar-refractivity contribution in [2.24, 2.45) is 0 Å². The van der Waals surface area contributed by atoms with Gasteiger partial charge < -0.3 is 9.40 Å². The quantitative estimate of drug-likeness (QED) is 0.717. The number of nitrogens with one attached hydrogen (secondary N) is 1. The van der Waals surface area contributed by atoms with E-state index in [2.05, 4.69) is 18.0 Å². The Bertz CT molecular complexity index is 811. The number of hydrogen-bond donors (Lipinski definition) is 1. The van der Waals surface area contributed by atoms with Crippen molar-refractivity contribution in [1.29, 1.82) is 0 Å². The molecule has 3 heteroatoms. The molecule has 0 aliphatic carbocycles. The molecule has 0 spiro atoms. The average molecular weight is 269 g/mol. The first-order valence-corrected chi connectivity index (χ1v) is 7.23. The van der Waals surface area contributed by atoms with Crippen LogP contribution in [0, 0.1) is 6.92 Å². The molecule has 2 aromatic heterocycles. The molecular weight excluding hydrogens is 250 g/mol. The summed E-state index contributed by atoms with van der Waals surface area (Å²) in [6.07, 6.45) is 4.62. The number of benzene rings is 1. The van der Waals surface area contributed by atoms with E-state index >= 15 is 0 Å². The molecule has 1 aromatic carbocycles. The SMILES string of the molecule is CCCCCc1cc2cc(=O)cc3oc(C)cc([nH]1)c23. The summed E-state index contributed by atoms with van der Waals surface area (Å²) in [6, 6.07) is 7.34. The highest BCUT2D eigenvalue weighted by atomic mass is 16.3. The van der Waals surface area contributed by atoms with Gasteiger partial charge in [-0.1, -0.05) is 19.8 Å². The van der Waals surface area contributed by atoms with Crippen LogP contribution < -0.4 is 5.43 Å². The van der Waals surface area contributed by atoms with E-state index < -0.39 is 0 Å². The van der Waals surface area contributed by atoms with E-state index in [1.165, 1.54) is 25.0 Å². The van der Waals surface area contributed by atoms with Crippen LogP contribution in [0.3, 0.4) is 0 Å². The van der Waals surface area contributed by atoms with E-state index in [1.54, 1.807) is 12.1 Å². The Balaban J connectivity index is 2.19. The minimum absolute atomic E-state index is 0.00106. The van der Waals surface area contributed by atoms with Crippen molar-refractivity contribution in [3.8, 4) is 0 Å². The third-order valence-corrected chi connectivity index (χ3v) is 3.67. The summed E-state index contributed by atoms with van der Waals surface area (Å²) in [6.45, 7) is 4.11. The number of unbranched alkanes of at least 4 members (excludes halogenated alkanes) is 2. The molecule has 0 aliphatic rings. The number of H-pyrrole nitrogens is 1. The normalized spacial score (nSPS) is 11.5. The zero-order valence-corrected chi connectivity index (χ0v) is 12.0. The molecule has 0 saturated carbocycles. The second kappa shape index (κ2) is 5.16. The maximum absolute atomic E-state index is 11.8. The number of aromatic nitrogens is 1. The Morgan fingerprint density at radius 2 is 2.00 bits per heavy atom. The molecule has 104 valence electrons. The van der Waals surface area contributed by atoms with Gasteiger partial charge in [0.2, 0.25) is 0 Å². The minimum atomic E-state index is -0.00106. The van der Waals surface area contributed by atoms with Crippen molar-refractivity contribution in [3.05, 3.63) is 45.9 Å². The summed E-state index contributed by atoms with van der Waals surface area (Å²) in [7, 11) is 0. The molecule has 1 N–H and O–H groups in total. The number of pyridine rings is 1. The Hall–Kier alpha value is -2.03. The van der Waals surface area contributed by atoms with Crippen LogP contribution in [0.5, 0.6) is 0 Å². The summed E-state index contributed by atoms with van der Waals surface area (Å²) < 4.78 is 5.66. The van der Waals surface area contributed by atoms with Crippen molar-refractivity contribution in [1.82, 2.24) is 4.98 Å². The number of aryl methyl sites for hydroxylation is 2.